The second-order valence-electron chi connectivity index (χ2n) is 8.19. The van der Waals surface area contributed by atoms with Crippen LogP contribution in [-0.2, 0) is 34.0 Å². The van der Waals surface area contributed by atoms with E-state index in [1.807, 2.05) is 30.3 Å². The lowest BCUT2D eigenvalue weighted by Crippen LogP contribution is -2.29. The summed E-state index contributed by atoms with van der Waals surface area (Å²) in [5.74, 6) is -0.199. The molecule has 0 fully saturated rings. The van der Waals surface area contributed by atoms with Gasteiger partial charge in [-0.25, -0.2) is 4.79 Å². The molecule has 10 heteroatoms. The van der Waals surface area contributed by atoms with Gasteiger partial charge < -0.3 is 19.6 Å². The van der Waals surface area contributed by atoms with Crippen molar-refractivity contribution in [2.45, 2.75) is 47.4 Å². The summed E-state index contributed by atoms with van der Waals surface area (Å²) in [5.41, 5.74) is 7.18. The number of pyridine rings is 2. The predicted molar refractivity (Wildman–Crippen MR) is 137 cm³/mol. The average molecular weight is 495 g/mol. The smallest absolute Gasteiger partial charge is 0.412 e. The van der Waals surface area contributed by atoms with E-state index in [-0.39, 0.29) is 48.2 Å². The molecule has 0 spiro atoms. The highest BCUT2D eigenvalue weighted by molar-refractivity contribution is 5.84. The quantitative estimate of drug-likeness (QED) is 0.514. The Morgan fingerprint density at radius 1 is 0.806 bits per heavy atom. The van der Waals surface area contributed by atoms with Crippen molar-refractivity contribution < 1.29 is 19.1 Å². The minimum atomic E-state index is -0.718. The van der Waals surface area contributed by atoms with Crippen molar-refractivity contribution in [1.29, 1.82) is 0 Å². The summed E-state index contributed by atoms with van der Waals surface area (Å²) in [5, 5.41) is 2.42. The second kappa shape index (κ2) is 12.8. The van der Waals surface area contributed by atoms with Gasteiger partial charge in [-0.05, 0) is 57.5 Å². The summed E-state index contributed by atoms with van der Waals surface area (Å²) in [6.07, 6.45) is -0.718. The molecule has 3 rings (SSSR count). The Morgan fingerprint density at radius 2 is 1.33 bits per heavy atom. The van der Waals surface area contributed by atoms with E-state index in [1.54, 1.807) is 32.0 Å². The Kier molecular flexibility index (Phi) is 9.91. The topological polar surface area (TPSA) is 142 Å². The highest BCUT2D eigenvalue weighted by Gasteiger charge is 2.11. The van der Waals surface area contributed by atoms with Gasteiger partial charge in [-0.3, -0.25) is 24.5 Å². The van der Waals surface area contributed by atoms with Gasteiger partial charge in [0.1, 0.15) is 23.9 Å². The number of nitrogens with one attached hydrogen (secondary N) is 1. The molecule has 0 atom stereocenters. The molecule has 3 N–H and O–H groups in total. The molecule has 0 radical (unpaired) electrons. The van der Waals surface area contributed by atoms with Crippen LogP contribution in [0.1, 0.15) is 30.8 Å². The molecule has 2 heterocycles. The number of nitrogens with two attached hydrogens (primary N) is 1. The van der Waals surface area contributed by atoms with Crippen LogP contribution in [0.5, 0.6) is 0 Å². The monoisotopic (exact) mass is 494 g/mol. The molecule has 3 aromatic rings. The molecule has 0 unspecified atom stereocenters. The highest BCUT2D eigenvalue weighted by Crippen LogP contribution is 2.06. The maximum atomic E-state index is 12.3. The van der Waals surface area contributed by atoms with E-state index < -0.39 is 11.7 Å². The normalized spacial score (nSPS) is 10.1. The van der Waals surface area contributed by atoms with Crippen LogP contribution in [-0.4, -0.2) is 26.8 Å². The summed E-state index contributed by atoms with van der Waals surface area (Å²) < 4.78 is 7.76. The van der Waals surface area contributed by atoms with Gasteiger partial charge in [-0.1, -0.05) is 30.3 Å². The first kappa shape index (κ1) is 27.8. The van der Waals surface area contributed by atoms with Gasteiger partial charge in [0.15, 0.2) is 0 Å². The van der Waals surface area contributed by atoms with E-state index in [4.69, 9.17) is 10.5 Å². The van der Waals surface area contributed by atoms with Crippen LogP contribution in [0, 0.1) is 13.8 Å². The number of aromatic nitrogens is 2. The lowest BCUT2D eigenvalue weighted by atomic mass is 10.2. The summed E-state index contributed by atoms with van der Waals surface area (Å²) in [7, 11) is 0. The van der Waals surface area contributed by atoms with E-state index in [0.717, 1.165) is 11.3 Å². The molecule has 10 nitrogen and oxygen atoms in total. The van der Waals surface area contributed by atoms with Crippen molar-refractivity contribution in [3.63, 3.8) is 0 Å². The molecule has 0 saturated heterocycles. The molecule has 0 aliphatic carbocycles. The largest absolute Gasteiger partial charge is 0.444 e. The molecule has 36 heavy (non-hydrogen) atoms. The Morgan fingerprint density at radius 3 is 1.89 bits per heavy atom. The number of aryl methyl sites for hydroxylation is 2. The maximum absolute atomic E-state index is 12.3. The Hall–Kier alpha value is -4.47. The van der Waals surface area contributed by atoms with Crippen molar-refractivity contribution in [2.75, 3.05) is 11.1 Å². The summed E-state index contributed by atoms with van der Waals surface area (Å²) in [6, 6.07) is 15.7. The first-order chi connectivity index (χ1) is 17.0. The first-order valence-corrected chi connectivity index (χ1v) is 11.1. The zero-order chi connectivity index (χ0) is 26.8. The Balaban J connectivity index is 0.000000297. The number of hydrogen-bond acceptors (Lipinski definition) is 7. The molecular weight excluding hydrogens is 464 g/mol. The van der Waals surface area contributed by atoms with E-state index in [0.29, 0.717) is 5.69 Å². The molecular formula is C26H30N4O6. The molecule has 0 aliphatic heterocycles. The number of nitrogens with zero attached hydrogens (tertiary/aromatic N) is 2. The third-order valence-electron chi connectivity index (χ3n) is 5.03. The number of amides is 1. The van der Waals surface area contributed by atoms with Gasteiger partial charge in [0, 0.05) is 11.4 Å². The number of nitrogen functional groups attached to an aromatic ring is 1. The fourth-order valence-electron chi connectivity index (χ4n) is 3.16. The molecule has 2 aromatic heterocycles. The minimum Gasteiger partial charge on any atom is -0.444 e. The van der Waals surface area contributed by atoms with Gasteiger partial charge in [-0.15, -0.1) is 0 Å². The number of anilines is 2. The van der Waals surface area contributed by atoms with Crippen LogP contribution >= 0.6 is 0 Å². The molecule has 0 saturated carbocycles. The first-order valence-electron chi connectivity index (χ1n) is 11.1. The number of carbonyl (C=O) groups excluding carboxylic acids is 3. The molecule has 190 valence electrons. The van der Waals surface area contributed by atoms with Crippen molar-refractivity contribution in [1.82, 2.24) is 9.13 Å². The van der Waals surface area contributed by atoms with Crippen LogP contribution in [0.25, 0.3) is 0 Å². The SMILES string of the molecule is CC(=O)Cn1c(C)ccc(N)c1=O.CC(=O)Cn1c(C)ccc(NC(=O)OCc2ccccc2)c1=O. The number of carbonyl (C=O) groups is 3. The summed E-state index contributed by atoms with van der Waals surface area (Å²) in [4.78, 5) is 57.6. The van der Waals surface area contributed by atoms with Gasteiger partial charge in [-0.2, -0.15) is 0 Å². The second-order valence-corrected chi connectivity index (χ2v) is 8.19. The van der Waals surface area contributed by atoms with E-state index in [2.05, 4.69) is 5.32 Å². The van der Waals surface area contributed by atoms with Crippen LogP contribution in [0.4, 0.5) is 16.2 Å². The Labute approximate surface area is 208 Å². The molecule has 1 aromatic carbocycles. The predicted octanol–water partition coefficient (Wildman–Crippen LogP) is 2.82. The number of ketones is 2. The van der Waals surface area contributed by atoms with E-state index in [1.165, 1.54) is 29.0 Å². The van der Waals surface area contributed by atoms with E-state index >= 15 is 0 Å². The van der Waals surface area contributed by atoms with Crippen LogP contribution in [0.15, 0.2) is 64.2 Å². The molecule has 0 aliphatic rings. The fourth-order valence-corrected chi connectivity index (χ4v) is 3.16. The van der Waals surface area contributed by atoms with Crippen molar-refractivity contribution >= 4 is 29.0 Å². The number of benzene rings is 1. The van der Waals surface area contributed by atoms with E-state index in [9.17, 15) is 24.0 Å². The Bertz CT molecular complexity index is 1360. The zero-order valence-corrected chi connectivity index (χ0v) is 20.7. The lowest BCUT2D eigenvalue weighted by molar-refractivity contribution is -0.118. The third kappa shape index (κ3) is 8.08. The average Bonchev–Trinajstić information content (AvgIpc) is 2.83. The maximum Gasteiger partial charge on any atom is 0.412 e. The number of rotatable bonds is 7. The summed E-state index contributed by atoms with van der Waals surface area (Å²) in [6.45, 7) is 6.51. The van der Waals surface area contributed by atoms with Gasteiger partial charge in [0.2, 0.25) is 0 Å². The van der Waals surface area contributed by atoms with Crippen molar-refractivity contribution in [2.24, 2.45) is 0 Å². The molecule has 0 bridgehead atoms. The minimum absolute atomic E-state index is 0.0285. The van der Waals surface area contributed by atoms with Crippen LogP contribution < -0.4 is 22.2 Å². The van der Waals surface area contributed by atoms with Gasteiger partial charge in [0.05, 0.1) is 18.8 Å². The van der Waals surface area contributed by atoms with Crippen molar-refractivity contribution in [3.8, 4) is 0 Å². The third-order valence-corrected chi connectivity index (χ3v) is 5.03. The van der Waals surface area contributed by atoms with Gasteiger partial charge >= 0.3 is 6.09 Å². The highest BCUT2D eigenvalue weighted by atomic mass is 16.5. The van der Waals surface area contributed by atoms with Crippen molar-refractivity contribution in [3.05, 3.63) is 92.3 Å². The molecule has 1 amide bonds. The van der Waals surface area contributed by atoms with Crippen LogP contribution in [0.2, 0.25) is 0 Å². The zero-order valence-electron chi connectivity index (χ0n) is 20.7. The standard InChI is InChI=1S/C17H18N2O4.C9H12N2O2/c1-12-8-9-15(16(21)19(12)10-13(2)20)18-17(22)23-11-14-6-4-3-5-7-14;1-6-3-4-8(10)9(13)11(6)5-7(2)12/h3-9H,10-11H2,1-2H3,(H,18,22);3-4H,5,10H2,1-2H3. The van der Waals surface area contributed by atoms with Gasteiger partial charge in [0.25, 0.3) is 11.1 Å². The van der Waals surface area contributed by atoms with Crippen LogP contribution in [0.3, 0.4) is 0 Å². The number of Topliss-reactive ketones (excluding diaryl/α,β-unsaturated/α-hetero) is 2. The lowest BCUT2D eigenvalue weighted by Gasteiger charge is -2.11. The number of ether oxygens (including phenoxy) is 1. The summed E-state index contributed by atoms with van der Waals surface area (Å²) >= 11 is 0. The fraction of sp³-hybridized carbons (Fsp3) is 0.269. The number of hydrogen-bond donors (Lipinski definition) is 2.